The van der Waals surface area contributed by atoms with Crippen LogP contribution in [0.25, 0.3) is 27.6 Å². The molecule has 0 aliphatic heterocycles. The van der Waals surface area contributed by atoms with Crippen molar-refractivity contribution in [1.82, 2.24) is 4.57 Å². The number of para-hydroxylation sites is 1. The Morgan fingerprint density at radius 2 is 1.47 bits per heavy atom. The van der Waals surface area contributed by atoms with E-state index >= 15 is 0 Å². The molecule has 0 saturated carbocycles. The van der Waals surface area contributed by atoms with E-state index in [1.165, 1.54) is 45.1 Å². The second kappa shape index (κ2) is 9.19. The van der Waals surface area contributed by atoms with Gasteiger partial charge in [-0.05, 0) is 53.4 Å². The topological polar surface area (TPSA) is 96.2 Å². The van der Waals surface area contributed by atoms with Crippen molar-refractivity contribution in [2.24, 2.45) is 0 Å². The van der Waals surface area contributed by atoms with Crippen molar-refractivity contribution < 1.29 is 28.8 Å². The van der Waals surface area contributed by atoms with E-state index in [1.54, 1.807) is 48.5 Å². The number of carbonyl (C=O) groups excluding carboxylic acids is 1. The number of pyridine rings is 1. The summed E-state index contributed by atoms with van der Waals surface area (Å²) in [6.45, 7) is 0. The first-order valence-electron chi connectivity index (χ1n) is 10.3. The van der Waals surface area contributed by atoms with Crippen LogP contribution in [0.15, 0.2) is 65.5 Å². The van der Waals surface area contributed by atoms with Gasteiger partial charge >= 0.3 is 5.97 Å². The lowest BCUT2D eigenvalue weighted by Crippen LogP contribution is -2.26. The Labute approximate surface area is 195 Å². The highest BCUT2D eigenvalue weighted by molar-refractivity contribution is 6.07. The van der Waals surface area contributed by atoms with E-state index in [1.807, 2.05) is 0 Å². The van der Waals surface area contributed by atoms with Crippen molar-refractivity contribution in [1.29, 1.82) is 0 Å². The molecule has 0 amide bonds. The number of esters is 1. The molecule has 0 aliphatic rings. The van der Waals surface area contributed by atoms with Gasteiger partial charge in [0.2, 0.25) is 5.75 Å². The molecule has 0 radical (unpaired) electrons. The molecule has 3 aromatic carbocycles. The molecule has 0 saturated heterocycles. The molecule has 1 aromatic heterocycles. The largest absolute Gasteiger partial charge is 0.508 e. The number of methoxy groups -OCH3 is 4. The maximum absolute atomic E-state index is 13.6. The lowest BCUT2D eigenvalue weighted by atomic mass is 9.95. The van der Waals surface area contributed by atoms with Gasteiger partial charge in [0.15, 0.2) is 11.5 Å². The molecule has 1 N–H and O–H groups in total. The first-order chi connectivity index (χ1) is 16.4. The first kappa shape index (κ1) is 22.7. The summed E-state index contributed by atoms with van der Waals surface area (Å²) in [5.74, 6) is 0.339. The van der Waals surface area contributed by atoms with Crippen LogP contribution >= 0.6 is 0 Å². The molecule has 1 heterocycles. The number of carbonyl (C=O) groups is 1. The van der Waals surface area contributed by atoms with Gasteiger partial charge in [-0.1, -0.05) is 18.2 Å². The number of rotatable bonds is 6. The normalized spacial score (nSPS) is 10.7. The number of benzene rings is 3. The molecule has 0 unspecified atom stereocenters. The minimum absolute atomic E-state index is 0.0196. The lowest BCUT2D eigenvalue weighted by Gasteiger charge is -2.20. The lowest BCUT2D eigenvalue weighted by molar-refractivity contribution is 0.0591. The Bertz CT molecular complexity index is 1420. The SMILES string of the molecule is COC(=O)c1c(-c2cc(OC)c(OC)c(OC)c2)c2ccc(O)cc2c(=O)n1-c1ccccc1. The Hall–Kier alpha value is -4.46. The number of fused-ring (bicyclic) bond motifs is 1. The van der Waals surface area contributed by atoms with E-state index in [9.17, 15) is 14.7 Å². The van der Waals surface area contributed by atoms with Gasteiger partial charge in [-0.3, -0.25) is 9.36 Å². The van der Waals surface area contributed by atoms with E-state index < -0.39 is 11.5 Å². The highest BCUT2D eigenvalue weighted by Crippen LogP contribution is 2.43. The zero-order chi connectivity index (χ0) is 24.4. The third-order valence-corrected chi connectivity index (χ3v) is 5.51. The van der Waals surface area contributed by atoms with Crippen LogP contribution in [0, 0.1) is 0 Å². The highest BCUT2D eigenvalue weighted by Gasteiger charge is 2.27. The summed E-state index contributed by atoms with van der Waals surface area (Å²) in [5, 5.41) is 10.8. The molecule has 0 aliphatic carbocycles. The second-order valence-corrected chi connectivity index (χ2v) is 7.34. The van der Waals surface area contributed by atoms with Crippen molar-refractivity contribution in [2.45, 2.75) is 0 Å². The maximum atomic E-state index is 13.6. The van der Waals surface area contributed by atoms with Gasteiger partial charge in [0.25, 0.3) is 5.56 Å². The summed E-state index contributed by atoms with van der Waals surface area (Å²) < 4.78 is 22.8. The van der Waals surface area contributed by atoms with Crippen molar-refractivity contribution in [3.8, 4) is 39.8 Å². The van der Waals surface area contributed by atoms with E-state index in [2.05, 4.69) is 0 Å². The average molecular weight is 461 g/mol. The molecule has 174 valence electrons. The van der Waals surface area contributed by atoms with Crippen molar-refractivity contribution in [3.63, 3.8) is 0 Å². The van der Waals surface area contributed by atoms with Gasteiger partial charge < -0.3 is 24.1 Å². The Kier molecular flexibility index (Phi) is 6.14. The molecule has 0 atom stereocenters. The fourth-order valence-corrected chi connectivity index (χ4v) is 4.02. The van der Waals surface area contributed by atoms with Gasteiger partial charge in [0, 0.05) is 11.3 Å². The number of aromatic hydroxyl groups is 1. The van der Waals surface area contributed by atoms with Crippen molar-refractivity contribution >= 4 is 16.7 Å². The molecular formula is C26H23NO7. The summed E-state index contributed by atoms with van der Waals surface area (Å²) in [6, 6.07) is 16.5. The first-order valence-corrected chi connectivity index (χ1v) is 10.3. The molecule has 4 aromatic rings. The molecule has 34 heavy (non-hydrogen) atoms. The zero-order valence-corrected chi connectivity index (χ0v) is 19.1. The number of hydrogen-bond donors (Lipinski definition) is 1. The molecule has 8 heteroatoms. The zero-order valence-electron chi connectivity index (χ0n) is 19.1. The monoisotopic (exact) mass is 461 g/mol. The van der Waals surface area contributed by atoms with Crippen LogP contribution in [0.3, 0.4) is 0 Å². The minimum atomic E-state index is -0.709. The van der Waals surface area contributed by atoms with Crippen LogP contribution < -0.4 is 19.8 Å². The van der Waals surface area contributed by atoms with Crippen LogP contribution in [-0.4, -0.2) is 44.1 Å². The van der Waals surface area contributed by atoms with E-state index in [0.29, 0.717) is 39.4 Å². The van der Waals surface area contributed by atoms with Crippen LogP contribution in [0.4, 0.5) is 0 Å². The van der Waals surface area contributed by atoms with Gasteiger partial charge in [-0.25, -0.2) is 4.79 Å². The fraction of sp³-hybridized carbons (Fsp3) is 0.154. The Morgan fingerprint density at radius 1 is 0.824 bits per heavy atom. The maximum Gasteiger partial charge on any atom is 0.355 e. The second-order valence-electron chi connectivity index (χ2n) is 7.34. The average Bonchev–Trinajstić information content (AvgIpc) is 2.87. The molecule has 8 nitrogen and oxygen atoms in total. The smallest absolute Gasteiger partial charge is 0.355 e. The number of phenols is 1. The summed E-state index contributed by atoms with van der Waals surface area (Å²) in [5.41, 5.74) is 0.937. The minimum Gasteiger partial charge on any atom is -0.508 e. The summed E-state index contributed by atoms with van der Waals surface area (Å²) >= 11 is 0. The molecule has 0 bridgehead atoms. The van der Waals surface area contributed by atoms with E-state index in [0.717, 1.165) is 0 Å². The molecular weight excluding hydrogens is 438 g/mol. The van der Waals surface area contributed by atoms with Crippen LogP contribution in [0.2, 0.25) is 0 Å². The predicted molar refractivity (Wildman–Crippen MR) is 128 cm³/mol. The summed E-state index contributed by atoms with van der Waals surface area (Å²) in [4.78, 5) is 26.8. The Balaban J connectivity index is 2.25. The molecule has 0 fully saturated rings. The van der Waals surface area contributed by atoms with Gasteiger partial charge in [-0.2, -0.15) is 0 Å². The van der Waals surface area contributed by atoms with Crippen LogP contribution in [0.5, 0.6) is 23.0 Å². The summed E-state index contributed by atoms with van der Waals surface area (Å²) in [7, 11) is 5.72. The fourth-order valence-electron chi connectivity index (χ4n) is 4.02. The summed E-state index contributed by atoms with van der Waals surface area (Å²) in [6.07, 6.45) is 0. The number of aromatic nitrogens is 1. The van der Waals surface area contributed by atoms with Gasteiger partial charge in [-0.15, -0.1) is 0 Å². The molecule has 4 rings (SSSR count). The van der Waals surface area contributed by atoms with E-state index in [-0.39, 0.29) is 16.8 Å². The van der Waals surface area contributed by atoms with Crippen LogP contribution in [-0.2, 0) is 4.74 Å². The van der Waals surface area contributed by atoms with E-state index in [4.69, 9.17) is 18.9 Å². The Morgan fingerprint density at radius 3 is 2.03 bits per heavy atom. The predicted octanol–water partition coefficient (Wildman–Crippen LogP) is 4.18. The van der Waals surface area contributed by atoms with Gasteiger partial charge in [0.05, 0.1) is 33.8 Å². The quantitative estimate of drug-likeness (QED) is 0.431. The number of nitrogens with zero attached hydrogens (tertiary/aromatic N) is 1. The number of phenolic OH excluding ortho intramolecular Hbond substituents is 1. The van der Waals surface area contributed by atoms with Crippen molar-refractivity contribution in [3.05, 3.63) is 76.7 Å². The molecule has 0 spiro atoms. The van der Waals surface area contributed by atoms with Gasteiger partial charge in [0.1, 0.15) is 11.4 Å². The van der Waals surface area contributed by atoms with Crippen molar-refractivity contribution in [2.75, 3.05) is 28.4 Å². The number of hydrogen-bond acceptors (Lipinski definition) is 7. The third-order valence-electron chi connectivity index (χ3n) is 5.51. The number of ether oxygens (including phenoxy) is 4. The highest BCUT2D eigenvalue weighted by atomic mass is 16.5. The van der Waals surface area contributed by atoms with Crippen LogP contribution in [0.1, 0.15) is 10.5 Å². The third kappa shape index (κ3) is 3.69. The standard InChI is InChI=1S/C26H23NO7/c1-31-20-12-15(13-21(32-2)24(20)33-3)22-18-11-10-17(28)14-19(18)25(29)27(23(22)26(30)34-4)16-8-6-5-7-9-16/h5-14,28H,1-4H3.